The lowest BCUT2D eigenvalue weighted by Crippen LogP contribution is -2.28. The van der Waals surface area contributed by atoms with Crippen molar-refractivity contribution in [1.29, 1.82) is 0 Å². The number of nitrogens with one attached hydrogen (secondary N) is 2. The molecule has 6 nitrogen and oxygen atoms in total. The van der Waals surface area contributed by atoms with E-state index in [0.29, 0.717) is 35.5 Å². The monoisotopic (exact) mass is 384 g/mol. The van der Waals surface area contributed by atoms with E-state index in [1.807, 2.05) is 0 Å². The average Bonchev–Trinajstić information content (AvgIpc) is 2.69. The number of aromatic amines is 1. The average molecular weight is 384 g/mol. The summed E-state index contributed by atoms with van der Waals surface area (Å²) in [6.45, 7) is 0.321. The molecule has 1 amide bonds. The van der Waals surface area contributed by atoms with Crippen LogP contribution in [0.15, 0.2) is 47.3 Å². The molecule has 0 atom stereocenters. The van der Waals surface area contributed by atoms with Crippen LogP contribution in [0, 0.1) is 5.82 Å². The fraction of sp³-hybridized carbons (Fsp3) is 0.238. The fourth-order valence-corrected chi connectivity index (χ4v) is 2.95. The highest BCUT2D eigenvalue weighted by molar-refractivity contribution is 5.83. The maximum absolute atomic E-state index is 12.9. The third-order valence-electron chi connectivity index (χ3n) is 4.42. The number of hydrogen-bond donors (Lipinski definition) is 2. The summed E-state index contributed by atoms with van der Waals surface area (Å²) in [6, 6.07) is 11.1. The number of rotatable bonds is 7. The Morgan fingerprint density at radius 2 is 1.75 bits per heavy atom. The van der Waals surface area contributed by atoms with Crippen LogP contribution in [-0.2, 0) is 17.6 Å². The van der Waals surface area contributed by atoms with Crippen LogP contribution in [0.4, 0.5) is 4.39 Å². The van der Waals surface area contributed by atoms with Gasteiger partial charge in [0.15, 0.2) is 11.5 Å². The Bertz CT molecular complexity index is 1040. The quantitative estimate of drug-likeness (QED) is 0.656. The number of fused-ring (bicyclic) bond motifs is 1. The Kier molecular flexibility index (Phi) is 5.93. The lowest BCUT2D eigenvalue weighted by Gasteiger charge is -2.10. The molecule has 0 spiro atoms. The first-order valence-electron chi connectivity index (χ1n) is 8.79. The molecule has 2 aromatic carbocycles. The largest absolute Gasteiger partial charge is 0.493 e. The number of methoxy groups -OCH3 is 2. The molecule has 1 heterocycles. The van der Waals surface area contributed by atoms with E-state index in [2.05, 4.69) is 10.3 Å². The molecule has 1 aromatic heterocycles. The van der Waals surface area contributed by atoms with Gasteiger partial charge in [-0.1, -0.05) is 12.1 Å². The van der Waals surface area contributed by atoms with Gasteiger partial charge in [-0.15, -0.1) is 0 Å². The number of amides is 1. The van der Waals surface area contributed by atoms with Crippen molar-refractivity contribution in [2.24, 2.45) is 0 Å². The predicted molar refractivity (Wildman–Crippen MR) is 104 cm³/mol. The highest BCUT2D eigenvalue weighted by atomic mass is 19.1. The smallest absolute Gasteiger partial charge is 0.251 e. The molecular formula is C21H21FN2O4. The van der Waals surface area contributed by atoms with Crippen molar-refractivity contribution in [3.8, 4) is 11.5 Å². The molecule has 0 fully saturated rings. The maximum Gasteiger partial charge on any atom is 0.251 e. The molecule has 0 saturated heterocycles. The number of benzene rings is 2. The van der Waals surface area contributed by atoms with E-state index in [1.54, 1.807) is 37.4 Å². The summed E-state index contributed by atoms with van der Waals surface area (Å²) in [5.74, 6) is 0.580. The van der Waals surface area contributed by atoms with Gasteiger partial charge < -0.3 is 19.8 Å². The van der Waals surface area contributed by atoms with Crippen LogP contribution in [0.3, 0.4) is 0 Å². The zero-order valence-corrected chi connectivity index (χ0v) is 15.7. The molecule has 0 saturated carbocycles. The first-order chi connectivity index (χ1) is 13.5. The number of pyridine rings is 1. The van der Waals surface area contributed by atoms with Gasteiger partial charge in [-0.25, -0.2) is 4.39 Å². The van der Waals surface area contributed by atoms with E-state index in [4.69, 9.17) is 9.47 Å². The molecule has 3 rings (SSSR count). The zero-order valence-electron chi connectivity index (χ0n) is 15.7. The first-order valence-corrected chi connectivity index (χ1v) is 8.79. The van der Waals surface area contributed by atoms with Crippen molar-refractivity contribution in [2.75, 3.05) is 20.8 Å². The summed E-state index contributed by atoms with van der Waals surface area (Å²) in [4.78, 5) is 27.2. The van der Waals surface area contributed by atoms with Gasteiger partial charge in [-0.2, -0.15) is 0 Å². The number of halogens is 1. The first kappa shape index (κ1) is 19.4. The molecule has 146 valence electrons. The van der Waals surface area contributed by atoms with E-state index >= 15 is 0 Å². The van der Waals surface area contributed by atoms with Gasteiger partial charge in [-0.3, -0.25) is 9.59 Å². The molecule has 0 aliphatic rings. The van der Waals surface area contributed by atoms with Gasteiger partial charge >= 0.3 is 0 Å². The molecule has 0 aliphatic heterocycles. The fourth-order valence-electron chi connectivity index (χ4n) is 2.95. The van der Waals surface area contributed by atoms with Crippen LogP contribution in [0.1, 0.15) is 11.1 Å². The SMILES string of the molecule is COc1cc2cc(CCNC(=O)Cc3ccc(F)cc3)c(=O)[nH]c2cc1OC. The third-order valence-corrected chi connectivity index (χ3v) is 4.42. The van der Waals surface area contributed by atoms with Gasteiger partial charge in [0, 0.05) is 23.6 Å². The second-order valence-corrected chi connectivity index (χ2v) is 6.32. The Hall–Kier alpha value is -3.35. The second-order valence-electron chi connectivity index (χ2n) is 6.32. The van der Waals surface area contributed by atoms with Crippen molar-refractivity contribution in [2.45, 2.75) is 12.8 Å². The summed E-state index contributed by atoms with van der Waals surface area (Å²) >= 11 is 0. The lowest BCUT2D eigenvalue weighted by molar-refractivity contribution is -0.120. The second kappa shape index (κ2) is 8.56. The molecule has 7 heteroatoms. The van der Waals surface area contributed by atoms with Crippen molar-refractivity contribution in [3.05, 3.63) is 69.8 Å². The van der Waals surface area contributed by atoms with Gasteiger partial charge in [0.1, 0.15) is 5.82 Å². The van der Waals surface area contributed by atoms with Crippen LogP contribution in [0.2, 0.25) is 0 Å². The Labute approximate surface area is 161 Å². The Balaban J connectivity index is 1.66. The van der Waals surface area contributed by atoms with Crippen LogP contribution in [0.25, 0.3) is 10.9 Å². The van der Waals surface area contributed by atoms with Crippen LogP contribution >= 0.6 is 0 Å². The van der Waals surface area contributed by atoms with Crippen molar-refractivity contribution in [3.63, 3.8) is 0 Å². The summed E-state index contributed by atoms with van der Waals surface area (Å²) < 4.78 is 23.4. The van der Waals surface area contributed by atoms with Crippen molar-refractivity contribution in [1.82, 2.24) is 10.3 Å². The minimum Gasteiger partial charge on any atom is -0.493 e. The van der Waals surface area contributed by atoms with E-state index in [9.17, 15) is 14.0 Å². The summed E-state index contributed by atoms with van der Waals surface area (Å²) in [5, 5.41) is 3.59. The lowest BCUT2D eigenvalue weighted by atomic mass is 10.1. The normalized spacial score (nSPS) is 10.7. The Morgan fingerprint density at radius 1 is 1.07 bits per heavy atom. The maximum atomic E-state index is 12.9. The van der Waals surface area contributed by atoms with Crippen molar-refractivity contribution < 1.29 is 18.7 Å². The molecular weight excluding hydrogens is 363 g/mol. The molecule has 28 heavy (non-hydrogen) atoms. The van der Waals surface area contributed by atoms with Gasteiger partial charge in [-0.05, 0) is 36.2 Å². The van der Waals surface area contributed by atoms with Gasteiger partial charge in [0.05, 0.1) is 26.2 Å². The number of ether oxygens (including phenoxy) is 2. The minimum absolute atomic E-state index is 0.158. The van der Waals surface area contributed by atoms with Crippen LogP contribution in [0.5, 0.6) is 11.5 Å². The van der Waals surface area contributed by atoms with Gasteiger partial charge in [0.2, 0.25) is 5.91 Å². The van der Waals surface area contributed by atoms with Crippen molar-refractivity contribution >= 4 is 16.8 Å². The van der Waals surface area contributed by atoms with E-state index < -0.39 is 0 Å². The summed E-state index contributed by atoms with van der Waals surface area (Å²) in [6.07, 6.45) is 0.542. The number of carbonyl (C=O) groups excluding carboxylic acids is 1. The van der Waals surface area contributed by atoms with Crippen LogP contribution in [-0.4, -0.2) is 31.7 Å². The zero-order chi connectivity index (χ0) is 20.1. The van der Waals surface area contributed by atoms with E-state index in [-0.39, 0.29) is 23.7 Å². The predicted octanol–water partition coefficient (Wildman–Crippen LogP) is 2.59. The molecule has 2 N–H and O–H groups in total. The number of aromatic nitrogens is 1. The van der Waals surface area contributed by atoms with E-state index in [1.165, 1.54) is 19.2 Å². The molecule has 0 aliphatic carbocycles. The standard InChI is InChI=1S/C21H21FN2O4/c1-27-18-11-15-10-14(21(26)24-17(15)12-19(18)28-2)7-8-23-20(25)9-13-3-5-16(22)6-4-13/h3-6,10-12H,7-9H2,1-2H3,(H,23,25)(H,24,26). The molecule has 3 aromatic rings. The highest BCUT2D eigenvalue weighted by Crippen LogP contribution is 2.31. The summed E-state index contributed by atoms with van der Waals surface area (Å²) in [5.41, 5.74) is 1.71. The molecule has 0 radical (unpaired) electrons. The van der Waals surface area contributed by atoms with Gasteiger partial charge in [0.25, 0.3) is 5.56 Å². The number of H-pyrrole nitrogens is 1. The van der Waals surface area contributed by atoms with Crippen LogP contribution < -0.4 is 20.3 Å². The number of hydrogen-bond acceptors (Lipinski definition) is 4. The Morgan fingerprint density at radius 3 is 2.43 bits per heavy atom. The molecule has 0 unspecified atom stereocenters. The summed E-state index contributed by atoms with van der Waals surface area (Å²) in [7, 11) is 3.08. The highest BCUT2D eigenvalue weighted by Gasteiger charge is 2.10. The third kappa shape index (κ3) is 4.49. The molecule has 0 bridgehead atoms. The number of carbonyl (C=O) groups is 1. The van der Waals surface area contributed by atoms with E-state index in [0.717, 1.165) is 10.9 Å². The minimum atomic E-state index is -0.339. The topological polar surface area (TPSA) is 80.4 Å².